The van der Waals surface area contributed by atoms with E-state index in [0.29, 0.717) is 6.04 Å². The summed E-state index contributed by atoms with van der Waals surface area (Å²) in [7, 11) is 0. The second-order valence-corrected chi connectivity index (χ2v) is 7.33. The molecule has 0 bridgehead atoms. The van der Waals surface area contributed by atoms with Crippen LogP contribution in [-0.4, -0.2) is 6.04 Å². The molecule has 0 spiro atoms. The Kier molecular flexibility index (Phi) is 4.85. The zero-order valence-electron chi connectivity index (χ0n) is 11.9. The Morgan fingerprint density at radius 1 is 1.06 bits per heavy atom. The lowest BCUT2D eigenvalue weighted by Crippen LogP contribution is -2.35. The molecule has 96 valence electrons. The van der Waals surface area contributed by atoms with Crippen molar-refractivity contribution < 1.29 is 0 Å². The lowest BCUT2D eigenvalue weighted by Gasteiger charge is -2.34. The van der Waals surface area contributed by atoms with E-state index in [4.69, 9.17) is 5.73 Å². The average Bonchev–Trinajstić information content (AvgIpc) is 2.11. The predicted octanol–water partition coefficient (Wildman–Crippen LogP) is 4.21. The van der Waals surface area contributed by atoms with Crippen molar-refractivity contribution >= 4 is 0 Å². The lowest BCUT2D eigenvalue weighted by atomic mass is 9.73. The van der Waals surface area contributed by atoms with Crippen molar-refractivity contribution in [1.82, 2.24) is 0 Å². The molecule has 1 aliphatic carbocycles. The van der Waals surface area contributed by atoms with Crippen LogP contribution in [-0.2, 0) is 0 Å². The normalized spacial score (nSPS) is 33.8. The van der Waals surface area contributed by atoms with Crippen molar-refractivity contribution in [3.63, 3.8) is 0 Å². The largest absolute Gasteiger partial charge is 0.327 e. The minimum Gasteiger partial charge on any atom is -0.327 e. The van der Waals surface area contributed by atoms with Crippen molar-refractivity contribution in [3.05, 3.63) is 0 Å². The molecule has 0 amide bonds. The Labute approximate surface area is 102 Å². The van der Waals surface area contributed by atoms with E-state index in [9.17, 15) is 0 Å². The third-order valence-corrected chi connectivity index (χ3v) is 4.27. The van der Waals surface area contributed by atoms with E-state index in [0.717, 1.165) is 17.8 Å². The number of nitrogens with two attached hydrogens (primary N) is 1. The summed E-state index contributed by atoms with van der Waals surface area (Å²) < 4.78 is 0. The van der Waals surface area contributed by atoms with Crippen LogP contribution in [0.4, 0.5) is 0 Å². The van der Waals surface area contributed by atoms with Crippen LogP contribution in [0.3, 0.4) is 0 Å². The highest BCUT2D eigenvalue weighted by molar-refractivity contribution is 4.80. The summed E-state index contributed by atoms with van der Waals surface area (Å²) in [4.78, 5) is 0. The Morgan fingerprint density at radius 3 is 2.00 bits per heavy atom. The fourth-order valence-corrected chi connectivity index (χ4v) is 3.20. The summed E-state index contributed by atoms with van der Waals surface area (Å²) in [5.41, 5.74) is 6.51. The van der Waals surface area contributed by atoms with Gasteiger partial charge >= 0.3 is 0 Å². The summed E-state index contributed by atoms with van der Waals surface area (Å²) in [6, 6.07) is 0.361. The maximum atomic E-state index is 6.24. The summed E-state index contributed by atoms with van der Waals surface area (Å²) in [5.74, 6) is 2.80. The average molecular weight is 225 g/mol. The van der Waals surface area contributed by atoms with Crippen molar-refractivity contribution in [3.8, 4) is 0 Å². The third kappa shape index (κ3) is 4.45. The minimum atomic E-state index is 0.270. The van der Waals surface area contributed by atoms with E-state index in [2.05, 4.69) is 34.6 Å². The Bertz CT molecular complexity index is 194. The highest BCUT2D eigenvalue weighted by atomic mass is 14.7. The molecule has 0 radical (unpaired) electrons. The maximum absolute atomic E-state index is 6.24. The van der Waals surface area contributed by atoms with E-state index in [-0.39, 0.29) is 5.41 Å². The van der Waals surface area contributed by atoms with E-state index < -0.39 is 0 Å². The first-order chi connectivity index (χ1) is 7.29. The molecule has 1 fully saturated rings. The van der Waals surface area contributed by atoms with Gasteiger partial charge in [-0.25, -0.2) is 0 Å². The molecular formula is C15H31N. The maximum Gasteiger partial charge on any atom is 0.00877 e. The molecule has 0 heterocycles. The first kappa shape index (κ1) is 14.0. The first-order valence-corrected chi connectivity index (χ1v) is 7.04. The molecule has 16 heavy (non-hydrogen) atoms. The Balaban J connectivity index is 2.32. The summed E-state index contributed by atoms with van der Waals surface area (Å²) >= 11 is 0. The van der Waals surface area contributed by atoms with Gasteiger partial charge in [-0.2, -0.15) is 0 Å². The molecule has 3 unspecified atom stereocenters. The van der Waals surface area contributed by atoms with Gasteiger partial charge in [-0.1, -0.05) is 34.6 Å². The summed E-state index contributed by atoms with van der Waals surface area (Å²) in [6.07, 6.45) is 6.84. The quantitative estimate of drug-likeness (QED) is 0.765. The van der Waals surface area contributed by atoms with Crippen LogP contribution in [0.5, 0.6) is 0 Å². The van der Waals surface area contributed by atoms with Gasteiger partial charge < -0.3 is 5.73 Å². The molecule has 0 aromatic heterocycles. The van der Waals surface area contributed by atoms with Gasteiger partial charge in [-0.15, -0.1) is 0 Å². The standard InChI is InChI=1S/C15H31N/c1-11-8-12(2)10-13(9-11)6-7-14(16)15(3,4)5/h11-14H,6-10,16H2,1-5H3. The van der Waals surface area contributed by atoms with Crippen LogP contribution in [0.15, 0.2) is 0 Å². The smallest absolute Gasteiger partial charge is 0.00877 e. The van der Waals surface area contributed by atoms with Gasteiger partial charge in [-0.3, -0.25) is 0 Å². The molecule has 1 heteroatoms. The van der Waals surface area contributed by atoms with Crippen LogP contribution in [0.2, 0.25) is 0 Å². The fourth-order valence-electron chi connectivity index (χ4n) is 3.20. The van der Waals surface area contributed by atoms with Crippen LogP contribution in [0, 0.1) is 23.2 Å². The van der Waals surface area contributed by atoms with Crippen LogP contribution >= 0.6 is 0 Å². The van der Waals surface area contributed by atoms with Crippen molar-refractivity contribution in [1.29, 1.82) is 0 Å². The number of rotatable bonds is 3. The van der Waals surface area contributed by atoms with Gasteiger partial charge in [0.05, 0.1) is 0 Å². The van der Waals surface area contributed by atoms with Gasteiger partial charge in [0.25, 0.3) is 0 Å². The van der Waals surface area contributed by atoms with E-state index in [1.165, 1.54) is 32.1 Å². The number of hydrogen-bond donors (Lipinski definition) is 1. The molecule has 1 saturated carbocycles. The zero-order chi connectivity index (χ0) is 12.3. The van der Waals surface area contributed by atoms with E-state index >= 15 is 0 Å². The molecule has 1 rings (SSSR count). The SMILES string of the molecule is CC1CC(C)CC(CCC(N)C(C)(C)C)C1. The molecule has 3 atom stereocenters. The molecule has 0 saturated heterocycles. The molecule has 1 nitrogen and oxygen atoms in total. The molecule has 2 N–H and O–H groups in total. The molecular weight excluding hydrogens is 194 g/mol. The van der Waals surface area contributed by atoms with Gasteiger partial charge in [0.15, 0.2) is 0 Å². The Hall–Kier alpha value is -0.0400. The third-order valence-electron chi connectivity index (χ3n) is 4.27. The lowest BCUT2D eigenvalue weighted by molar-refractivity contribution is 0.192. The minimum absolute atomic E-state index is 0.270. The second-order valence-electron chi connectivity index (χ2n) is 7.33. The zero-order valence-corrected chi connectivity index (χ0v) is 11.9. The predicted molar refractivity (Wildman–Crippen MR) is 72.3 cm³/mol. The van der Waals surface area contributed by atoms with Gasteiger partial charge in [0, 0.05) is 6.04 Å². The van der Waals surface area contributed by atoms with Crippen LogP contribution in [0.25, 0.3) is 0 Å². The van der Waals surface area contributed by atoms with Crippen LogP contribution in [0.1, 0.15) is 66.7 Å². The highest BCUT2D eigenvalue weighted by Gasteiger charge is 2.26. The van der Waals surface area contributed by atoms with Gasteiger partial charge in [-0.05, 0) is 55.3 Å². The van der Waals surface area contributed by atoms with Crippen molar-refractivity contribution in [2.45, 2.75) is 72.8 Å². The highest BCUT2D eigenvalue weighted by Crippen LogP contribution is 2.36. The fraction of sp³-hybridized carbons (Fsp3) is 1.00. The first-order valence-electron chi connectivity index (χ1n) is 7.04. The van der Waals surface area contributed by atoms with Gasteiger partial charge in [0.1, 0.15) is 0 Å². The molecule has 1 aliphatic rings. The Morgan fingerprint density at radius 2 is 1.56 bits per heavy atom. The number of hydrogen-bond acceptors (Lipinski definition) is 1. The van der Waals surface area contributed by atoms with Crippen LogP contribution < -0.4 is 5.73 Å². The topological polar surface area (TPSA) is 26.0 Å². The van der Waals surface area contributed by atoms with Crippen molar-refractivity contribution in [2.24, 2.45) is 28.9 Å². The summed E-state index contributed by atoms with van der Waals surface area (Å²) in [6.45, 7) is 11.6. The molecule has 0 aliphatic heterocycles. The van der Waals surface area contributed by atoms with Crippen molar-refractivity contribution in [2.75, 3.05) is 0 Å². The molecule has 0 aromatic carbocycles. The van der Waals surface area contributed by atoms with Gasteiger partial charge in [0.2, 0.25) is 0 Å². The van der Waals surface area contributed by atoms with E-state index in [1.54, 1.807) is 0 Å². The summed E-state index contributed by atoms with van der Waals surface area (Å²) in [5, 5.41) is 0. The second kappa shape index (κ2) is 5.53. The van der Waals surface area contributed by atoms with E-state index in [1.807, 2.05) is 0 Å². The monoisotopic (exact) mass is 225 g/mol. The molecule has 0 aromatic rings.